The number of hydrogen-bond acceptors (Lipinski definition) is 7. The van der Waals surface area contributed by atoms with Gasteiger partial charge in [-0.1, -0.05) is 24.3 Å². The number of methoxy groups -OCH3 is 2. The first-order chi connectivity index (χ1) is 20.9. The molecule has 0 unspecified atom stereocenters. The summed E-state index contributed by atoms with van der Waals surface area (Å²) in [6.07, 6.45) is 1.27. The lowest BCUT2D eigenvalue weighted by Gasteiger charge is -2.32. The van der Waals surface area contributed by atoms with Gasteiger partial charge in [-0.05, 0) is 67.4 Å². The number of benzene rings is 4. The van der Waals surface area contributed by atoms with Crippen molar-refractivity contribution in [2.24, 2.45) is 0 Å². The highest BCUT2D eigenvalue weighted by Crippen LogP contribution is 2.33. The van der Waals surface area contributed by atoms with Crippen molar-refractivity contribution in [3.05, 3.63) is 113 Å². The summed E-state index contributed by atoms with van der Waals surface area (Å²) in [5.41, 5.74) is 8.33. The first-order valence-corrected chi connectivity index (χ1v) is 14.0. The van der Waals surface area contributed by atoms with Gasteiger partial charge in [0, 0.05) is 42.4 Å². The number of carbonyl (C=O) groups excluding carboxylic acids is 2. The molecule has 0 bridgehead atoms. The maximum atomic E-state index is 14.1. The molecule has 1 heterocycles. The van der Waals surface area contributed by atoms with Crippen molar-refractivity contribution >= 4 is 23.1 Å². The molecular weight excluding hydrogens is 549 g/mol. The molecule has 1 fully saturated rings. The van der Waals surface area contributed by atoms with Gasteiger partial charge in [-0.3, -0.25) is 14.5 Å². The molecule has 1 aliphatic rings. The van der Waals surface area contributed by atoms with Crippen LogP contribution in [0.25, 0.3) is 0 Å². The number of nitrogen functional groups attached to an aromatic ring is 1. The lowest BCUT2D eigenvalue weighted by atomic mass is 9.99. The molecule has 43 heavy (non-hydrogen) atoms. The Kier molecular flexibility index (Phi) is 9.22. The number of nitrogens with two attached hydrogens (primary N) is 1. The SMILES string of the molecule is COc1ccc(C(=O)Nc2c(N)cccc2C(=O)c2ccc(OC)cc2OC2CCN(Cc3ccccc3F)CC2)cc1. The van der Waals surface area contributed by atoms with Gasteiger partial charge in [-0.15, -0.1) is 0 Å². The quantitative estimate of drug-likeness (QED) is 0.176. The summed E-state index contributed by atoms with van der Waals surface area (Å²) >= 11 is 0. The summed E-state index contributed by atoms with van der Waals surface area (Å²) in [5, 5.41) is 2.81. The van der Waals surface area contributed by atoms with Crippen LogP contribution in [0, 0.1) is 5.82 Å². The maximum absolute atomic E-state index is 14.1. The minimum absolute atomic E-state index is 0.148. The van der Waals surface area contributed by atoms with Crippen molar-refractivity contribution in [2.75, 3.05) is 38.4 Å². The summed E-state index contributed by atoms with van der Waals surface area (Å²) in [6, 6.07) is 23.4. The van der Waals surface area contributed by atoms with E-state index in [1.54, 1.807) is 87.0 Å². The first-order valence-electron chi connectivity index (χ1n) is 14.0. The summed E-state index contributed by atoms with van der Waals surface area (Å²) in [5.74, 6) is 0.571. The summed E-state index contributed by atoms with van der Waals surface area (Å²) in [6.45, 7) is 1.98. The van der Waals surface area contributed by atoms with Crippen LogP contribution in [-0.4, -0.2) is 50.0 Å². The molecule has 1 saturated heterocycles. The van der Waals surface area contributed by atoms with Gasteiger partial charge in [-0.2, -0.15) is 0 Å². The van der Waals surface area contributed by atoms with Crippen molar-refractivity contribution in [3.63, 3.8) is 0 Å². The fraction of sp³-hybridized carbons (Fsp3) is 0.235. The predicted molar refractivity (Wildman–Crippen MR) is 164 cm³/mol. The van der Waals surface area contributed by atoms with E-state index in [2.05, 4.69) is 10.2 Å². The Morgan fingerprint density at radius 1 is 0.884 bits per heavy atom. The van der Waals surface area contributed by atoms with Gasteiger partial charge < -0.3 is 25.3 Å². The van der Waals surface area contributed by atoms with Gasteiger partial charge >= 0.3 is 0 Å². The second-order valence-corrected chi connectivity index (χ2v) is 10.3. The highest BCUT2D eigenvalue weighted by Gasteiger charge is 2.26. The minimum atomic E-state index is -0.414. The molecule has 3 N–H and O–H groups in total. The summed E-state index contributed by atoms with van der Waals surface area (Å²) < 4.78 is 31.1. The number of ketones is 1. The van der Waals surface area contributed by atoms with Crippen LogP contribution < -0.4 is 25.3 Å². The Morgan fingerprint density at radius 2 is 1.58 bits per heavy atom. The monoisotopic (exact) mass is 583 g/mol. The third-order valence-corrected chi connectivity index (χ3v) is 7.55. The van der Waals surface area contributed by atoms with Crippen LogP contribution in [0.2, 0.25) is 0 Å². The van der Waals surface area contributed by atoms with E-state index in [0.717, 1.165) is 13.1 Å². The van der Waals surface area contributed by atoms with Crippen molar-refractivity contribution in [2.45, 2.75) is 25.5 Å². The number of hydrogen-bond donors (Lipinski definition) is 2. The number of halogens is 1. The molecule has 4 aromatic carbocycles. The predicted octanol–water partition coefficient (Wildman–Crippen LogP) is 5.95. The molecule has 8 nitrogen and oxygen atoms in total. The Labute approximate surface area is 250 Å². The van der Waals surface area contributed by atoms with Gasteiger partial charge in [-0.25, -0.2) is 4.39 Å². The third-order valence-electron chi connectivity index (χ3n) is 7.55. The molecular formula is C34H34FN3O5. The minimum Gasteiger partial charge on any atom is -0.497 e. The fourth-order valence-corrected chi connectivity index (χ4v) is 5.12. The number of piperidine rings is 1. The molecule has 4 aromatic rings. The zero-order valence-corrected chi connectivity index (χ0v) is 24.1. The zero-order chi connectivity index (χ0) is 30.3. The van der Waals surface area contributed by atoms with E-state index in [9.17, 15) is 14.0 Å². The number of rotatable bonds is 10. The average Bonchev–Trinajstić information content (AvgIpc) is 3.03. The Hall–Kier alpha value is -4.89. The molecule has 1 amide bonds. The van der Waals surface area contributed by atoms with Crippen molar-refractivity contribution in [1.82, 2.24) is 4.90 Å². The van der Waals surface area contributed by atoms with E-state index in [0.29, 0.717) is 53.3 Å². The van der Waals surface area contributed by atoms with Crippen LogP contribution in [0.4, 0.5) is 15.8 Å². The number of anilines is 2. The van der Waals surface area contributed by atoms with E-state index in [-0.39, 0.29) is 34.6 Å². The second-order valence-electron chi connectivity index (χ2n) is 10.3. The molecule has 0 aromatic heterocycles. The van der Waals surface area contributed by atoms with Crippen LogP contribution >= 0.6 is 0 Å². The molecule has 0 aliphatic carbocycles. The maximum Gasteiger partial charge on any atom is 0.255 e. The zero-order valence-electron chi connectivity index (χ0n) is 24.1. The van der Waals surface area contributed by atoms with Gasteiger partial charge in [0.25, 0.3) is 5.91 Å². The van der Waals surface area contributed by atoms with Crippen molar-refractivity contribution in [3.8, 4) is 17.2 Å². The van der Waals surface area contributed by atoms with Crippen LogP contribution in [0.15, 0.2) is 84.9 Å². The number of amides is 1. The standard InChI is InChI=1S/C34H34FN3O5/c1-41-24-12-10-22(11-13-24)34(40)37-32-28(7-5-9-30(32)36)33(39)27-15-14-26(42-2)20-31(27)43-25-16-18-38(19-17-25)21-23-6-3-4-8-29(23)35/h3-15,20,25H,16-19,21,36H2,1-2H3,(H,37,40). The Bertz CT molecular complexity index is 1600. The molecule has 0 atom stereocenters. The molecule has 0 saturated carbocycles. The summed E-state index contributed by atoms with van der Waals surface area (Å²) in [4.78, 5) is 29.2. The molecule has 222 valence electrons. The van der Waals surface area contributed by atoms with Gasteiger partial charge in [0.05, 0.1) is 31.2 Å². The number of nitrogens with zero attached hydrogens (tertiary/aromatic N) is 1. The smallest absolute Gasteiger partial charge is 0.255 e. The van der Waals surface area contributed by atoms with Crippen LogP contribution in [0.5, 0.6) is 17.2 Å². The van der Waals surface area contributed by atoms with E-state index in [1.165, 1.54) is 6.07 Å². The van der Waals surface area contributed by atoms with E-state index >= 15 is 0 Å². The lowest BCUT2D eigenvalue weighted by molar-refractivity contribution is 0.0923. The molecule has 9 heteroatoms. The van der Waals surface area contributed by atoms with E-state index in [4.69, 9.17) is 19.9 Å². The van der Waals surface area contributed by atoms with E-state index in [1.807, 2.05) is 6.07 Å². The third kappa shape index (κ3) is 6.95. The largest absolute Gasteiger partial charge is 0.497 e. The molecule has 5 rings (SSSR count). The molecule has 0 radical (unpaired) electrons. The fourth-order valence-electron chi connectivity index (χ4n) is 5.12. The van der Waals surface area contributed by atoms with Gasteiger partial charge in [0.15, 0.2) is 5.78 Å². The first kappa shape index (κ1) is 29.6. The van der Waals surface area contributed by atoms with Crippen LogP contribution in [0.1, 0.15) is 44.7 Å². The normalized spacial score (nSPS) is 13.7. The average molecular weight is 584 g/mol. The van der Waals surface area contributed by atoms with Gasteiger partial charge in [0.2, 0.25) is 0 Å². The molecule has 0 spiro atoms. The number of nitrogens with one attached hydrogen (secondary N) is 1. The van der Waals surface area contributed by atoms with Crippen molar-refractivity contribution in [1.29, 1.82) is 0 Å². The second kappa shape index (κ2) is 13.4. The van der Waals surface area contributed by atoms with Crippen molar-refractivity contribution < 1.29 is 28.2 Å². The van der Waals surface area contributed by atoms with E-state index < -0.39 is 5.91 Å². The number of ether oxygens (including phenoxy) is 3. The lowest BCUT2D eigenvalue weighted by Crippen LogP contribution is -2.38. The number of carbonyl (C=O) groups is 2. The Balaban J connectivity index is 1.34. The molecule has 1 aliphatic heterocycles. The highest BCUT2D eigenvalue weighted by atomic mass is 19.1. The Morgan fingerprint density at radius 3 is 2.28 bits per heavy atom. The van der Waals surface area contributed by atoms with Crippen LogP contribution in [-0.2, 0) is 6.54 Å². The van der Waals surface area contributed by atoms with Gasteiger partial charge in [0.1, 0.15) is 29.2 Å². The number of likely N-dealkylation sites (tertiary alicyclic amines) is 1. The highest BCUT2D eigenvalue weighted by molar-refractivity contribution is 6.18. The topological polar surface area (TPSA) is 103 Å². The number of para-hydroxylation sites is 1. The summed E-state index contributed by atoms with van der Waals surface area (Å²) in [7, 11) is 3.10. The van der Waals surface area contributed by atoms with Crippen LogP contribution in [0.3, 0.4) is 0 Å².